The van der Waals surface area contributed by atoms with Crippen molar-refractivity contribution in [3.05, 3.63) is 23.0 Å². The zero-order valence-electron chi connectivity index (χ0n) is 12.6. The number of aliphatic hydroxyl groups excluding tert-OH is 1. The van der Waals surface area contributed by atoms with Gasteiger partial charge in [-0.1, -0.05) is 0 Å². The SMILES string of the molecule is Cc1ncc(CO)c(CNCC2(N(C)C)CCC2)c1O. The second kappa shape index (κ2) is 6.08. The molecule has 0 aromatic carbocycles. The summed E-state index contributed by atoms with van der Waals surface area (Å²) in [6.07, 6.45) is 5.33. The first kappa shape index (κ1) is 15.2. The lowest BCUT2D eigenvalue weighted by molar-refractivity contribution is 0.0597. The van der Waals surface area contributed by atoms with E-state index in [1.807, 2.05) is 0 Å². The first-order valence-corrected chi connectivity index (χ1v) is 7.15. The van der Waals surface area contributed by atoms with Gasteiger partial charge in [0.05, 0.1) is 12.3 Å². The molecule has 1 saturated carbocycles. The van der Waals surface area contributed by atoms with E-state index in [9.17, 15) is 10.2 Å². The normalized spacial score (nSPS) is 17.2. The van der Waals surface area contributed by atoms with Crippen molar-refractivity contribution < 1.29 is 10.2 Å². The van der Waals surface area contributed by atoms with Crippen LogP contribution in [0.2, 0.25) is 0 Å². The molecule has 1 aliphatic rings. The Balaban J connectivity index is 2.02. The molecule has 0 saturated heterocycles. The van der Waals surface area contributed by atoms with Gasteiger partial charge in [-0.05, 0) is 40.3 Å². The maximum absolute atomic E-state index is 10.1. The van der Waals surface area contributed by atoms with Crippen LogP contribution in [0.3, 0.4) is 0 Å². The molecule has 0 atom stereocenters. The summed E-state index contributed by atoms with van der Waals surface area (Å²) in [6, 6.07) is 0. The molecule has 0 spiro atoms. The molecule has 0 unspecified atom stereocenters. The number of hydrogen-bond acceptors (Lipinski definition) is 5. The molecule has 5 heteroatoms. The standard InChI is InChI=1S/C15H25N3O2/c1-11-14(20)13(12(9-19)7-17-11)8-16-10-15(18(2)3)5-4-6-15/h7,16,19-20H,4-6,8-10H2,1-3H3. The van der Waals surface area contributed by atoms with Crippen molar-refractivity contribution in [2.75, 3.05) is 20.6 Å². The second-order valence-corrected chi connectivity index (χ2v) is 5.93. The Morgan fingerprint density at radius 1 is 1.40 bits per heavy atom. The third-order valence-electron chi connectivity index (χ3n) is 4.59. The zero-order valence-corrected chi connectivity index (χ0v) is 12.6. The van der Waals surface area contributed by atoms with Gasteiger partial charge in [0.2, 0.25) is 0 Å². The Morgan fingerprint density at radius 2 is 2.10 bits per heavy atom. The van der Waals surface area contributed by atoms with Crippen molar-refractivity contribution in [1.82, 2.24) is 15.2 Å². The maximum atomic E-state index is 10.1. The van der Waals surface area contributed by atoms with Crippen molar-refractivity contribution in [1.29, 1.82) is 0 Å². The van der Waals surface area contributed by atoms with Gasteiger partial charge in [0.25, 0.3) is 0 Å². The first-order valence-electron chi connectivity index (χ1n) is 7.15. The molecule has 0 aliphatic heterocycles. The van der Waals surface area contributed by atoms with E-state index in [0.717, 1.165) is 12.1 Å². The van der Waals surface area contributed by atoms with Crippen LogP contribution in [-0.2, 0) is 13.2 Å². The lowest BCUT2D eigenvalue weighted by Gasteiger charge is -2.47. The molecular formula is C15H25N3O2. The van der Waals surface area contributed by atoms with Crippen molar-refractivity contribution in [2.45, 2.75) is 44.9 Å². The van der Waals surface area contributed by atoms with Gasteiger partial charge in [0.1, 0.15) is 5.75 Å². The van der Waals surface area contributed by atoms with Crippen LogP contribution in [0.4, 0.5) is 0 Å². The highest BCUT2D eigenvalue weighted by Gasteiger charge is 2.38. The minimum atomic E-state index is -0.101. The molecule has 1 aromatic heterocycles. The fourth-order valence-corrected chi connectivity index (χ4v) is 2.80. The molecule has 1 fully saturated rings. The minimum Gasteiger partial charge on any atom is -0.506 e. The number of aromatic nitrogens is 1. The van der Waals surface area contributed by atoms with E-state index in [1.54, 1.807) is 13.1 Å². The number of pyridine rings is 1. The molecule has 20 heavy (non-hydrogen) atoms. The number of hydrogen-bond donors (Lipinski definition) is 3. The average Bonchev–Trinajstić information content (AvgIpc) is 2.37. The van der Waals surface area contributed by atoms with Gasteiger partial charge in [-0.25, -0.2) is 0 Å². The van der Waals surface area contributed by atoms with E-state index in [2.05, 4.69) is 29.3 Å². The van der Waals surface area contributed by atoms with Gasteiger partial charge < -0.3 is 20.4 Å². The number of nitrogens with one attached hydrogen (secondary N) is 1. The number of likely N-dealkylation sites (N-methyl/N-ethyl adjacent to an activating group) is 1. The summed E-state index contributed by atoms with van der Waals surface area (Å²) in [5, 5.41) is 22.9. The van der Waals surface area contributed by atoms with Crippen LogP contribution < -0.4 is 5.32 Å². The van der Waals surface area contributed by atoms with Crippen LogP contribution in [0.15, 0.2) is 6.20 Å². The minimum absolute atomic E-state index is 0.101. The van der Waals surface area contributed by atoms with Gasteiger partial charge in [0.15, 0.2) is 0 Å². The smallest absolute Gasteiger partial charge is 0.141 e. The van der Waals surface area contributed by atoms with Gasteiger partial charge in [-0.2, -0.15) is 0 Å². The molecule has 0 radical (unpaired) electrons. The molecule has 0 amide bonds. The van der Waals surface area contributed by atoms with Gasteiger partial charge >= 0.3 is 0 Å². The van der Waals surface area contributed by atoms with E-state index < -0.39 is 0 Å². The molecule has 5 nitrogen and oxygen atoms in total. The number of aryl methyl sites for hydroxylation is 1. The lowest BCUT2D eigenvalue weighted by Crippen LogP contribution is -2.56. The van der Waals surface area contributed by atoms with E-state index in [4.69, 9.17) is 0 Å². The summed E-state index contributed by atoms with van der Waals surface area (Å²) in [5.41, 5.74) is 2.29. The van der Waals surface area contributed by atoms with Crippen molar-refractivity contribution in [3.8, 4) is 5.75 Å². The van der Waals surface area contributed by atoms with E-state index in [1.165, 1.54) is 19.3 Å². The summed E-state index contributed by atoms with van der Waals surface area (Å²) in [7, 11) is 4.24. The van der Waals surface area contributed by atoms with Crippen LogP contribution in [0.1, 0.15) is 36.1 Å². The topological polar surface area (TPSA) is 68.6 Å². The van der Waals surface area contributed by atoms with Crippen LogP contribution in [0.5, 0.6) is 5.75 Å². The number of aromatic hydroxyl groups is 1. The molecule has 112 valence electrons. The summed E-state index contributed by atoms with van der Waals surface area (Å²) in [6.45, 7) is 3.12. The highest BCUT2D eigenvalue weighted by molar-refractivity contribution is 5.40. The van der Waals surface area contributed by atoms with E-state index >= 15 is 0 Å². The van der Waals surface area contributed by atoms with Gasteiger partial charge in [-0.3, -0.25) is 4.98 Å². The van der Waals surface area contributed by atoms with Gasteiger partial charge in [-0.15, -0.1) is 0 Å². The van der Waals surface area contributed by atoms with Crippen LogP contribution in [-0.4, -0.2) is 46.3 Å². The lowest BCUT2D eigenvalue weighted by atomic mass is 9.75. The summed E-state index contributed by atoms with van der Waals surface area (Å²) in [4.78, 5) is 6.36. The van der Waals surface area contributed by atoms with Crippen LogP contribution >= 0.6 is 0 Å². The highest BCUT2D eigenvalue weighted by atomic mass is 16.3. The molecule has 1 heterocycles. The number of aliphatic hydroxyl groups is 1. The summed E-state index contributed by atoms with van der Waals surface area (Å²) in [5.74, 6) is 0.191. The van der Waals surface area contributed by atoms with E-state index in [0.29, 0.717) is 17.8 Å². The molecule has 1 aromatic rings. The van der Waals surface area contributed by atoms with Crippen LogP contribution in [0, 0.1) is 6.92 Å². The number of rotatable bonds is 6. The fourth-order valence-electron chi connectivity index (χ4n) is 2.80. The largest absolute Gasteiger partial charge is 0.506 e. The maximum Gasteiger partial charge on any atom is 0.141 e. The van der Waals surface area contributed by atoms with Crippen LogP contribution in [0.25, 0.3) is 0 Å². The third-order valence-corrected chi connectivity index (χ3v) is 4.59. The molecule has 0 bridgehead atoms. The predicted molar refractivity (Wildman–Crippen MR) is 78.5 cm³/mol. The van der Waals surface area contributed by atoms with Crippen molar-refractivity contribution in [2.24, 2.45) is 0 Å². The second-order valence-electron chi connectivity index (χ2n) is 5.93. The van der Waals surface area contributed by atoms with E-state index in [-0.39, 0.29) is 17.9 Å². The third kappa shape index (κ3) is 2.80. The van der Waals surface area contributed by atoms with Crippen molar-refractivity contribution >= 4 is 0 Å². The molecular weight excluding hydrogens is 254 g/mol. The van der Waals surface area contributed by atoms with Gasteiger partial charge in [0, 0.05) is 36.0 Å². The molecule has 3 N–H and O–H groups in total. The Hall–Kier alpha value is -1.17. The monoisotopic (exact) mass is 279 g/mol. The predicted octanol–water partition coefficient (Wildman–Crippen LogP) is 1.16. The number of nitrogens with zero attached hydrogens (tertiary/aromatic N) is 2. The Morgan fingerprint density at radius 3 is 2.60 bits per heavy atom. The van der Waals surface area contributed by atoms with Crippen molar-refractivity contribution in [3.63, 3.8) is 0 Å². The fraction of sp³-hybridized carbons (Fsp3) is 0.667. The average molecular weight is 279 g/mol. The molecule has 2 rings (SSSR count). The Labute approximate surface area is 120 Å². The quantitative estimate of drug-likeness (QED) is 0.729. The summed E-state index contributed by atoms with van der Waals surface area (Å²) < 4.78 is 0. The molecule has 1 aliphatic carbocycles. The highest BCUT2D eigenvalue weighted by Crippen LogP contribution is 2.35. The first-order chi connectivity index (χ1) is 9.50. The Kier molecular flexibility index (Phi) is 4.62. The summed E-state index contributed by atoms with van der Waals surface area (Å²) >= 11 is 0. The zero-order chi connectivity index (χ0) is 14.8. The Bertz CT molecular complexity index is 470.